The van der Waals surface area contributed by atoms with Gasteiger partial charge in [-0.25, -0.2) is 4.39 Å². The van der Waals surface area contributed by atoms with Crippen LogP contribution in [-0.4, -0.2) is 11.7 Å². The molecular formula is C9H8ClF3O. The summed E-state index contributed by atoms with van der Waals surface area (Å²) >= 11 is 4.59. The molecule has 0 bridgehead atoms. The van der Waals surface area contributed by atoms with Gasteiger partial charge in [0.1, 0.15) is 0 Å². The zero-order chi connectivity index (χ0) is 10.6. The highest BCUT2D eigenvalue weighted by atomic mass is 35.5. The fourth-order valence-corrected chi connectivity index (χ4v) is 0.880. The molecule has 1 atom stereocenters. The maximum atomic E-state index is 12.5. The van der Waals surface area contributed by atoms with Crippen LogP contribution in [0.2, 0.25) is 0 Å². The lowest BCUT2D eigenvalue weighted by Gasteiger charge is -2.16. The topological polar surface area (TPSA) is 9.23 Å². The molecular weight excluding hydrogens is 217 g/mol. The van der Waals surface area contributed by atoms with Gasteiger partial charge < -0.3 is 4.74 Å². The highest BCUT2D eigenvalue weighted by Gasteiger charge is 2.40. The monoisotopic (exact) mass is 224 g/mol. The lowest BCUT2D eigenvalue weighted by Crippen LogP contribution is -2.29. The van der Waals surface area contributed by atoms with Crippen LogP contribution < -0.4 is 0 Å². The summed E-state index contributed by atoms with van der Waals surface area (Å²) < 4.78 is 41.1. The van der Waals surface area contributed by atoms with E-state index in [1.165, 1.54) is 0 Å². The molecule has 0 saturated heterocycles. The smallest absolute Gasteiger partial charge is 0.312 e. The molecule has 0 spiro atoms. The third kappa shape index (κ3) is 3.20. The molecule has 0 aromatic heterocycles. The first-order valence-corrected chi connectivity index (χ1v) is 4.30. The molecule has 0 fully saturated rings. The second kappa shape index (κ2) is 4.66. The van der Waals surface area contributed by atoms with E-state index < -0.39 is 11.7 Å². The van der Waals surface area contributed by atoms with E-state index in [0.717, 1.165) is 0 Å². The molecule has 0 radical (unpaired) electrons. The van der Waals surface area contributed by atoms with Gasteiger partial charge in [-0.1, -0.05) is 41.9 Å². The molecule has 78 valence electrons. The van der Waals surface area contributed by atoms with Crippen molar-refractivity contribution >= 4 is 11.6 Å². The molecule has 0 heterocycles. The Bertz CT molecular complexity index is 277. The van der Waals surface area contributed by atoms with E-state index in [2.05, 4.69) is 16.3 Å². The lowest BCUT2D eigenvalue weighted by molar-refractivity contribution is -0.263. The van der Waals surface area contributed by atoms with Crippen LogP contribution in [0.25, 0.3) is 0 Å². The zero-order valence-electron chi connectivity index (χ0n) is 7.09. The van der Waals surface area contributed by atoms with E-state index in [1.807, 2.05) is 0 Å². The Labute approximate surface area is 84.4 Å². The predicted molar refractivity (Wildman–Crippen MR) is 46.9 cm³/mol. The van der Waals surface area contributed by atoms with Gasteiger partial charge in [-0.05, 0) is 5.56 Å². The average molecular weight is 225 g/mol. The average Bonchev–Trinajstić information content (AvgIpc) is 2.16. The van der Waals surface area contributed by atoms with Crippen LogP contribution in [0.5, 0.6) is 0 Å². The van der Waals surface area contributed by atoms with Crippen LogP contribution in [0.4, 0.5) is 13.2 Å². The summed E-state index contributed by atoms with van der Waals surface area (Å²) in [5.41, 5.74) is -2.30. The molecule has 5 heteroatoms. The van der Waals surface area contributed by atoms with Gasteiger partial charge >= 0.3 is 6.11 Å². The summed E-state index contributed by atoms with van der Waals surface area (Å²) in [6, 6.07) is 8.27. The number of benzene rings is 1. The maximum absolute atomic E-state index is 12.5. The number of halogens is 4. The molecule has 1 unspecified atom stereocenters. The highest BCUT2D eigenvalue weighted by molar-refractivity contribution is 6.20. The second-order valence-corrected chi connectivity index (χ2v) is 3.02. The van der Waals surface area contributed by atoms with E-state index in [9.17, 15) is 13.2 Å². The number of hydrogen-bond acceptors (Lipinski definition) is 1. The van der Waals surface area contributed by atoms with Crippen molar-refractivity contribution < 1.29 is 17.9 Å². The summed E-state index contributed by atoms with van der Waals surface area (Å²) in [5, 5.41) is 0. The largest absolute Gasteiger partial charge is 0.401 e. The molecule has 0 aliphatic rings. The summed E-state index contributed by atoms with van der Waals surface area (Å²) in [5.74, 6) is 0. The van der Waals surface area contributed by atoms with Gasteiger partial charge in [-0.3, -0.25) is 0 Å². The quantitative estimate of drug-likeness (QED) is 0.713. The first-order chi connectivity index (χ1) is 6.52. The van der Waals surface area contributed by atoms with Gasteiger partial charge in [0.2, 0.25) is 0 Å². The Hall–Kier alpha value is -0.740. The Kier molecular flexibility index (Phi) is 3.77. The van der Waals surface area contributed by atoms with E-state index in [0.29, 0.717) is 5.56 Å². The normalized spacial score (nSPS) is 14.0. The number of ether oxygens (including phenoxy) is 1. The van der Waals surface area contributed by atoms with Gasteiger partial charge in [-0.15, -0.1) is 0 Å². The van der Waals surface area contributed by atoms with Gasteiger partial charge in [0, 0.05) is 0 Å². The third-order valence-corrected chi connectivity index (χ3v) is 1.78. The van der Waals surface area contributed by atoms with Crippen molar-refractivity contribution in [2.24, 2.45) is 0 Å². The van der Waals surface area contributed by atoms with Crippen molar-refractivity contribution in [1.29, 1.82) is 0 Å². The van der Waals surface area contributed by atoms with Gasteiger partial charge in [0.05, 0.1) is 6.61 Å². The predicted octanol–water partition coefficient (Wildman–Crippen LogP) is 3.33. The van der Waals surface area contributed by atoms with Crippen LogP contribution in [0.15, 0.2) is 30.3 Å². The minimum atomic E-state index is -3.95. The number of rotatable bonds is 4. The van der Waals surface area contributed by atoms with E-state index in [-0.39, 0.29) is 6.61 Å². The molecule has 0 saturated carbocycles. The summed E-state index contributed by atoms with van der Waals surface area (Å²) in [6.07, 6.45) is -3.95. The third-order valence-electron chi connectivity index (χ3n) is 1.53. The molecule has 1 nitrogen and oxygen atoms in total. The summed E-state index contributed by atoms with van der Waals surface area (Å²) in [7, 11) is 0. The highest BCUT2D eigenvalue weighted by Crippen LogP contribution is 2.26. The lowest BCUT2D eigenvalue weighted by atomic mass is 10.2. The molecule has 1 rings (SSSR count). The Morgan fingerprint density at radius 1 is 1.29 bits per heavy atom. The van der Waals surface area contributed by atoms with Crippen LogP contribution in [-0.2, 0) is 11.3 Å². The van der Waals surface area contributed by atoms with E-state index >= 15 is 0 Å². The molecule has 1 aromatic rings. The zero-order valence-corrected chi connectivity index (χ0v) is 7.85. The first kappa shape index (κ1) is 11.3. The van der Waals surface area contributed by atoms with Crippen molar-refractivity contribution in [3.63, 3.8) is 0 Å². The van der Waals surface area contributed by atoms with Crippen molar-refractivity contribution in [1.82, 2.24) is 0 Å². The number of alkyl halides is 4. The summed E-state index contributed by atoms with van der Waals surface area (Å²) in [4.78, 5) is 0. The fraction of sp³-hybridized carbons (Fsp3) is 0.333. The summed E-state index contributed by atoms with van der Waals surface area (Å²) in [6.45, 7) is -0.374. The van der Waals surface area contributed by atoms with Gasteiger partial charge in [0.15, 0.2) is 0 Å². The molecule has 1 aromatic carbocycles. The van der Waals surface area contributed by atoms with E-state index in [1.54, 1.807) is 30.3 Å². The van der Waals surface area contributed by atoms with Crippen molar-refractivity contribution in [2.75, 3.05) is 0 Å². The molecule has 0 aliphatic carbocycles. The minimum Gasteiger partial charge on any atom is -0.312 e. The van der Waals surface area contributed by atoms with Crippen LogP contribution in [0.3, 0.4) is 0 Å². The Balaban J connectivity index is 2.49. The van der Waals surface area contributed by atoms with Crippen LogP contribution >= 0.6 is 11.6 Å². The van der Waals surface area contributed by atoms with Crippen LogP contribution in [0.1, 0.15) is 5.56 Å². The van der Waals surface area contributed by atoms with Crippen molar-refractivity contribution in [3.05, 3.63) is 35.9 Å². The van der Waals surface area contributed by atoms with Crippen LogP contribution in [0, 0.1) is 0 Å². The van der Waals surface area contributed by atoms with Crippen molar-refractivity contribution in [2.45, 2.75) is 18.3 Å². The standard InChI is InChI=1S/C9H8ClF3O/c10-8(11)9(12,13)14-6-7-4-2-1-3-5-7/h1-5,8H,6H2. The Morgan fingerprint density at radius 3 is 2.36 bits per heavy atom. The molecule has 0 aliphatic heterocycles. The fourth-order valence-electron chi connectivity index (χ4n) is 0.817. The second-order valence-electron chi connectivity index (χ2n) is 2.64. The molecule has 14 heavy (non-hydrogen) atoms. The SMILES string of the molecule is FC(Cl)C(F)(F)OCc1ccccc1. The van der Waals surface area contributed by atoms with E-state index in [4.69, 9.17) is 0 Å². The molecule has 0 amide bonds. The first-order valence-electron chi connectivity index (χ1n) is 3.86. The van der Waals surface area contributed by atoms with Crippen molar-refractivity contribution in [3.8, 4) is 0 Å². The van der Waals surface area contributed by atoms with Gasteiger partial charge in [-0.2, -0.15) is 8.78 Å². The maximum Gasteiger partial charge on any atom is 0.401 e. The molecule has 0 N–H and O–H groups in total. The minimum absolute atomic E-state index is 0.374. The Morgan fingerprint density at radius 2 is 1.86 bits per heavy atom. The number of hydrogen-bond donors (Lipinski definition) is 0. The van der Waals surface area contributed by atoms with Gasteiger partial charge in [0.25, 0.3) is 5.63 Å².